The van der Waals surface area contributed by atoms with Gasteiger partial charge in [0.15, 0.2) is 11.5 Å². The van der Waals surface area contributed by atoms with Crippen LogP contribution in [0.15, 0.2) is 24.3 Å². The molecule has 1 rings (SSSR count). The van der Waals surface area contributed by atoms with Crippen LogP contribution in [0.5, 0.6) is 11.5 Å². The minimum atomic E-state index is -0.363. The number of carbonyl (C=O) groups excluding carboxylic acids is 1. The predicted octanol–water partition coefficient (Wildman–Crippen LogP) is 1.64. The summed E-state index contributed by atoms with van der Waals surface area (Å²) in [4.78, 5) is 10.8. The van der Waals surface area contributed by atoms with E-state index in [1.807, 2.05) is 6.07 Å². The van der Waals surface area contributed by atoms with Crippen molar-refractivity contribution in [2.24, 2.45) is 0 Å². The molecular formula is C11H14O4. The largest absolute Gasteiger partial charge is 0.487 e. The molecule has 1 aromatic carbocycles. The quantitative estimate of drug-likeness (QED) is 0.421. The second kappa shape index (κ2) is 6.03. The van der Waals surface area contributed by atoms with Gasteiger partial charge in [-0.15, -0.1) is 0 Å². The van der Waals surface area contributed by atoms with Crippen LogP contribution in [0.25, 0.3) is 0 Å². The van der Waals surface area contributed by atoms with E-state index in [0.717, 1.165) is 0 Å². The van der Waals surface area contributed by atoms with Crippen LogP contribution in [0.1, 0.15) is 6.92 Å². The van der Waals surface area contributed by atoms with Gasteiger partial charge in [0, 0.05) is 14.0 Å². The topological polar surface area (TPSA) is 44.8 Å². The van der Waals surface area contributed by atoms with Crippen molar-refractivity contribution in [2.45, 2.75) is 6.92 Å². The fourth-order valence-corrected chi connectivity index (χ4v) is 1.04. The van der Waals surface area contributed by atoms with Crippen molar-refractivity contribution >= 4 is 5.97 Å². The second-order valence-electron chi connectivity index (χ2n) is 2.88. The first kappa shape index (κ1) is 11.5. The zero-order valence-corrected chi connectivity index (χ0v) is 8.86. The number of rotatable bonds is 5. The van der Waals surface area contributed by atoms with Gasteiger partial charge in [0.25, 0.3) is 0 Å². The first-order valence-electron chi connectivity index (χ1n) is 4.63. The average Bonchev–Trinajstić information content (AvgIpc) is 2.20. The molecule has 0 heterocycles. The lowest BCUT2D eigenvalue weighted by molar-refractivity contribution is -0.132. The Morgan fingerprint density at radius 1 is 1.20 bits per heavy atom. The number of para-hydroxylation sites is 2. The van der Waals surface area contributed by atoms with Crippen LogP contribution in [-0.4, -0.2) is 26.3 Å². The van der Waals surface area contributed by atoms with Gasteiger partial charge in [0.05, 0.1) is 6.61 Å². The summed E-state index contributed by atoms with van der Waals surface area (Å²) in [7, 11) is 1.60. The second-order valence-corrected chi connectivity index (χ2v) is 2.88. The molecule has 0 N–H and O–H groups in total. The van der Waals surface area contributed by atoms with Crippen molar-refractivity contribution in [1.29, 1.82) is 0 Å². The van der Waals surface area contributed by atoms with E-state index < -0.39 is 0 Å². The number of hydrogen-bond donors (Lipinski definition) is 0. The van der Waals surface area contributed by atoms with Crippen molar-refractivity contribution in [1.82, 2.24) is 0 Å². The molecule has 4 heteroatoms. The molecule has 0 aliphatic rings. The Bertz CT molecular complexity index is 322. The molecule has 4 nitrogen and oxygen atoms in total. The summed E-state index contributed by atoms with van der Waals surface area (Å²) < 4.78 is 15.2. The Morgan fingerprint density at radius 2 is 1.87 bits per heavy atom. The van der Waals surface area contributed by atoms with Gasteiger partial charge in [-0.05, 0) is 12.1 Å². The van der Waals surface area contributed by atoms with E-state index in [1.54, 1.807) is 25.3 Å². The maximum absolute atomic E-state index is 10.8. The van der Waals surface area contributed by atoms with Crippen LogP contribution in [0.2, 0.25) is 0 Å². The number of hydrogen-bond acceptors (Lipinski definition) is 4. The molecule has 0 radical (unpaired) electrons. The van der Waals surface area contributed by atoms with E-state index in [-0.39, 0.29) is 5.97 Å². The third kappa shape index (κ3) is 3.99. The molecule has 0 spiro atoms. The number of methoxy groups -OCH3 is 1. The van der Waals surface area contributed by atoms with Crippen LogP contribution in [0, 0.1) is 0 Å². The highest BCUT2D eigenvalue weighted by molar-refractivity contribution is 5.70. The molecule has 0 aliphatic carbocycles. The van der Waals surface area contributed by atoms with Crippen LogP contribution in [-0.2, 0) is 9.53 Å². The average molecular weight is 210 g/mol. The molecule has 0 saturated carbocycles. The van der Waals surface area contributed by atoms with E-state index >= 15 is 0 Å². The van der Waals surface area contributed by atoms with Crippen LogP contribution in [0.4, 0.5) is 0 Å². The van der Waals surface area contributed by atoms with Crippen LogP contribution in [0.3, 0.4) is 0 Å². The molecule has 0 fully saturated rings. The SMILES string of the molecule is COCCOc1ccccc1OC(C)=O. The fourth-order valence-electron chi connectivity index (χ4n) is 1.04. The van der Waals surface area contributed by atoms with Crippen molar-refractivity contribution in [3.05, 3.63) is 24.3 Å². The summed E-state index contributed by atoms with van der Waals surface area (Å²) in [6.07, 6.45) is 0. The van der Waals surface area contributed by atoms with E-state index in [4.69, 9.17) is 14.2 Å². The minimum absolute atomic E-state index is 0.363. The Balaban J connectivity index is 2.64. The molecular weight excluding hydrogens is 196 g/mol. The molecule has 1 aromatic rings. The van der Waals surface area contributed by atoms with Crippen molar-refractivity contribution < 1.29 is 19.0 Å². The van der Waals surface area contributed by atoms with Gasteiger partial charge >= 0.3 is 5.97 Å². The molecule has 0 unspecified atom stereocenters. The first-order valence-corrected chi connectivity index (χ1v) is 4.63. The highest BCUT2D eigenvalue weighted by atomic mass is 16.6. The molecule has 0 aromatic heterocycles. The highest BCUT2D eigenvalue weighted by Gasteiger charge is 2.05. The Labute approximate surface area is 88.8 Å². The van der Waals surface area contributed by atoms with E-state index in [1.165, 1.54) is 6.92 Å². The predicted molar refractivity (Wildman–Crippen MR) is 55.1 cm³/mol. The monoisotopic (exact) mass is 210 g/mol. The number of carbonyl (C=O) groups is 1. The lowest BCUT2D eigenvalue weighted by Gasteiger charge is -2.09. The van der Waals surface area contributed by atoms with Crippen molar-refractivity contribution in [2.75, 3.05) is 20.3 Å². The number of esters is 1. The van der Waals surface area contributed by atoms with E-state index in [9.17, 15) is 4.79 Å². The molecule has 0 bridgehead atoms. The van der Waals surface area contributed by atoms with Gasteiger partial charge in [-0.2, -0.15) is 0 Å². The maximum Gasteiger partial charge on any atom is 0.308 e. The number of ether oxygens (including phenoxy) is 3. The standard InChI is InChI=1S/C11H14O4/c1-9(12)15-11-6-4-3-5-10(11)14-8-7-13-2/h3-6H,7-8H2,1-2H3. The maximum atomic E-state index is 10.8. The summed E-state index contributed by atoms with van der Waals surface area (Å²) in [5.41, 5.74) is 0. The molecule has 82 valence electrons. The molecule has 0 saturated heterocycles. The van der Waals surface area contributed by atoms with Crippen LogP contribution < -0.4 is 9.47 Å². The third-order valence-electron chi connectivity index (χ3n) is 1.65. The van der Waals surface area contributed by atoms with Gasteiger partial charge in [-0.1, -0.05) is 12.1 Å². The lowest BCUT2D eigenvalue weighted by atomic mass is 10.3. The Hall–Kier alpha value is -1.55. The minimum Gasteiger partial charge on any atom is -0.487 e. The third-order valence-corrected chi connectivity index (χ3v) is 1.65. The zero-order chi connectivity index (χ0) is 11.1. The zero-order valence-electron chi connectivity index (χ0n) is 8.86. The van der Waals surface area contributed by atoms with Gasteiger partial charge in [-0.3, -0.25) is 4.79 Å². The highest BCUT2D eigenvalue weighted by Crippen LogP contribution is 2.26. The molecule has 15 heavy (non-hydrogen) atoms. The van der Waals surface area contributed by atoms with Gasteiger partial charge in [0.1, 0.15) is 6.61 Å². The van der Waals surface area contributed by atoms with E-state index in [0.29, 0.717) is 24.7 Å². The number of benzene rings is 1. The normalized spacial score (nSPS) is 9.73. The van der Waals surface area contributed by atoms with Gasteiger partial charge in [0.2, 0.25) is 0 Å². The molecule has 0 aliphatic heterocycles. The fraction of sp³-hybridized carbons (Fsp3) is 0.364. The van der Waals surface area contributed by atoms with Gasteiger partial charge in [-0.25, -0.2) is 0 Å². The molecule has 0 amide bonds. The van der Waals surface area contributed by atoms with Gasteiger partial charge < -0.3 is 14.2 Å². The summed E-state index contributed by atoms with van der Waals surface area (Å²) in [6, 6.07) is 7.02. The van der Waals surface area contributed by atoms with Crippen molar-refractivity contribution in [3.8, 4) is 11.5 Å². The smallest absolute Gasteiger partial charge is 0.308 e. The lowest BCUT2D eigenvalue weighted by Crippen LogP contribution is -2.07. The van der Waals surface area contributed by atoms with E-state index in [2.05, 4.69) is 0 Å². The summed E-state index contributed by atoms with van der Waals surface area (Å²) in [6.45, 7) is 2.27. The first-order chi connectivity index (χ1) is 7.24. The summed E-state index contributed by atoms with van der Waals surface area (Å²) in [5, 5.41) is 0. The van der Waals surface area contributed by atoms with Crippen molar-refractivity contribution in [3.63, 3.8) is 0 Å². The summed E-state index contributed by atoms with van der Waals surface area (Å²) in [5.74, 6) is 0.614. The summed E-state index contributed by atoms with van der Waals surface area (Å²) >= 11 is 0. The molecule has 0 atom stereocenters. The Morgan fingerprint density at radius 3 is 2.47 bits per heavy atom. The Kier molecular flexibility index (Phi) is 4.63. The van der Waals surface area contributed by atoms with Crippen LogP contribution >= 0.6 is 0 Å².